The van der Waals surface area contributed by atoms with Gasteiger partial charge in [0, 0.05) is 43.7 Å². The molecule has 1 unspecified atom stereocenters. The lowest BCUT2D eigenvalue weighted by Gasteiger charge is -2.26. The Morgan fingerprint density at radius 3 is 2.58 bits per heavy atom. The highest BCUT2D eigenvalue weighted by Crippen LogP contribution is 2.15. The zero-order chi connectivity index (χ0) is 18.1. The van der Waals surface area contributed by atoms with Crippen molar-refractivity contribution in [1.29, 1.82) is 0 Å². The summed E-state index contributed by atoms with van der Waals surface area (Å²) in [7, 11) is 0. The van der Waals surface area contributed by atoms with E-state index in [-0.39, 0.29) is 24.8 Å². The van der Waals surface area contributed by atoms with Crippen LogP contribution in [0.25, 0.3) is 0 Å². The first-order valence-corrected chi connectivity index (χ1v) is 7.94. The normalized spacial score (nSPS) is 11.8. The molecule has 0 aromatic heterocycles. The zero-order valence-electron chi connectivity index (χ0n) is 13.7. The van der Waals surface area contributed by atoms with E-state index in [0.717, 1.165) is 0 Å². The smallest absolute Gasteiger partial charge is 0.320 e. The maximum absolute atomic E-state index is 12.0. The summed E-state index contributed by atoms with van der Waals surface area (Å²) in [6, 6.07) is 6.03. The van der Waals surface area contributed by atoms with E-state index in [1.165, 1.54) is 6.92 Å². The minimum absolute atomic E-state index is 0.129. The molecule has 0 bridgehead atoms. The van der Waals surface area contributed by atoms with Gasteiger partial charge in [-0.25, -0.2) is 0 Å². The molecule has 2 amide bonds. The van der Waals surface area contributed by atoms with Gasteiger partial charge in [0.1, 0.15) is 6.04 Å². The van der Waals surface area contributed by atoms with E-state index >= 15 is 0 Å². The molecule has 24 heavy (non-hydrogen) atoms. The highest BCUT2D eigenvalue weighted by atomic mass is 35.5. The van der Waals surface area contributed by atoms with Crippen molar-refractivity contribution in [1.82, 2.24) is 10.2 Å². The van der Waals surface area contributed by atoms with E-state index in [4.69, 9.17) is 16.7 Å². The molecule has 132 valence electrons. The second-order valence-corrected chi connectivity index (χ2v) is 5.78. The van der Waals surface area contributed by atoms with Gasteiger partial charge in [-0.1, -0.05) is 17.7 Å². The number of carbonyl (C=O) groups excluding carboxylic acids is 2. The molecule has 1 aromatic carbocycles. The molecule has 7 nitrogen and oxygen atoms in total. The first kappa shape index (κ1) is 19.9. The third-order valence-corrected chi connectivity index (χ3v) is 3.65. The Labute approximate surface area is 146 Å². The summed E-state index contributed by atoms with van der Waals surface area (Å²) in [4.78, 5) is 35.7. The summed E-state index contributed by atoms with van der Waals surface area (Å²) >= 11 is 5.86. The number of carboxylic acids is 1. The van der Waals surface area contributed by atoms with Crippen LogP contribution in [0.5, 0.6) is 0 Å². The molecule has 0 aliphatic rings. The van der Waals surface area contributed by atoms with Gasteiger partial charge >= 0.3 is 5.97 Å². The van der Waals surface area contributed by atoms with Crippen LogP contribution in [0.1, 0.15) is 20.3 Å². The quantitative estimate of drug-likeness (QED) is 0.624. The molecule has 0 aliphatic heterocycles. The lowest BCUT2D eigenvalue weighted by Crippen LogP contribution is -2.44. The Hall–Kier alpha value is -2.12. The number of aliphatic carboxylic acids is 1. The number of hydrogen-bond donors (Lipinski definition) is 3. The van der Waals surface area contributed by atoms with Crippen molar-refractivity contribution in [2.24, 2.45) is 0 Å². The van der Waals surface area contributed by atoms with E-state index < -0.39 is 12.0 Å². The number of nitrogens with zero attached hydrogens (tertiary/aromatic N) is 1. The Balaban J connectivity index is 2.54. The van der Waals surface area contributed by atoms with Crippen molar-refractivity contribution in [3.8, 4) is 0 Å². The lowest BCUT2D eigenvalue weighted by atomic mass is 10.2. The topological polar surface area (TPSA) is 98.7 Å². The number of anilines is 1. The summed E-state index contributed by atoms with van der Waals surface area (Å²) in [5, 5.41) is 15.0. The van der Waals surface area contributed by atoms with Crippen LogP contribution in [0, 0.1) is 0 Å². The third kappa shape index (κ3) is 7.43. The van der Waals surface area contributed by atoms with Gasteiger partial charge < -0.3 is 15.7 Å². The Morgan fingerprint density at radius 1 is 1.29 bits per heavy atom. The number of halogens is 1. The van der Waals surface area contributed by atoms with Crippen molar-refractivity contribution in [3.63, 3.8) is 0 Å². The zero-order valence-corrected chi connectivity index (χ0v) is 14.5. The van der Waals surface area contributed by atoms with Gasteiger partial charge in [-0.2, -0.15) is 0 Å². The lowest BCUT2D eigenvalue weighted by molar-refractivity contribution is -0.142. The van der Waals surface area contributed by atoms with E-state index in [1.54, 1.807) is 36.1 Å². The number of benzene rings is 1. The first-order valence-electron chi connectivity index (χ1n) is 7.56. The highest BCUT2D eigenvalue weighted by molar-refractivity contribution is 6.30. The molecule has 1 rings (SSSR count). The second-order valence-electron chi connectivity index (χ2n) is 5.34. The summed E-state index contributed by atoms with van der Waals surface area (Å²) in [5.41, 5.74) is 0.587. The molecule has 0 saturated carbocycles. The largest absolute Gasteiger partial charge is 0.480 e. The van der Waals surface area contributed by atoms with Crippen LogP contribution >= 0.6 is 11.6 Å². The molecule has 0 radical (unpaired) electrons. The molecular formula is C16H22ClN3O4. The monoisotopic (exact) mass is 355 g/mol. The maximum Gasteiger partial charge on any atom is 0.320 e. The molecular weight excluding hydrogens is 334 g/mol. The van der Waals surface area contributed by atoms with E-state index in [1.807, 2.05) is 0 Å². The minimum atomic E-state index is -0.979. The third-order valence-electron chi connectivity index (χ3n) is 3.41. The second kappa shape index (κ2) is 9.89. The number of hydrogen-bond acceptors (Lipinski definition) is 4. The van der Waals surface area contributed by atoms with Crippen LogP contribution in [0.15, 0.2) is 24.3 Å². The Bertz CT molecular complexity index is 594. The van der Waals surface area contributed by atoms with Crippen molar-refractivity contribution < 1.29 is 19.5 Å². The fourth-order valence-corrected chi connectivity index (χ4v) is 2.26. The number of carbonyl (C=O) groups is 3. The van der Waals surface area contributed by atoms with Crippen LogP contribution < -0.4 is 10.6 Å². The van der Waals surface area contributed by atoms with Crippen molar-refractivity contribution in [2.45, 2.75) is 26.3 Å². The van der Waals surface area contributed by atoms with E-state index in [9.17, 15) is 14.4 Å². The van der Waals surface area contributed by atoms with Gasteiger partial charge in [0.25, 0.3) is 0 Å². The number of rotatable bonds is 9. The molecule has 8 heteroatoms. The summed E-state index contributed by atoms with van der Waals surface area (Å²) in [6.07, 6.45) is 0.129. The van der Waals surface area contributed by atoms with Crippen LogP contribution in [0.2, 0.25) is 5.02 Å². The summed E-state index contributed by atoms with van der Waals surface area (Å²) in [6.45, 7) is 3.87. The van der Waals surface area contributed by atoms with Crippen molar-refractivity contribution in [3.05, 3.63) is 29.3 Å². The highest BCUT2D eigenvalue weighted by Gasteiger charge is 2.21. The number of carboxylic acid groups (broad SMARTS) is 1. The molecule has 1 aromatic rings. The fraction of sp³-hybridized carbons (Fsp3) is 0.438. The molecule has 0 spiro atoms. The van der Waals surface area contributed by atoms with Crippen LogP contribution in [-0.4, -0.2) is 53.5 Å². The van der Waals surface area contributed by atoms with Crippen molar-refractivity contribution >= 4 is 35.1 Å². The van der Waals surface area contributed by atoms with Gasteiger partial charge in [-0.15, -0.1) is 0 Å². The summed E-state index contributed by atoms with van der Waals surface area (Å²) in [5.74, 6) is -1.40. The summed E-state index contributed by atoms with van der Waals surface area (Å²) < 4.78 is 0. The van der Waals surface area contributed by atoms with Gasteiger partial charge in [-0.3, -0.25) is 19.3 Å². The Kier molecular flexibility index (Phi) is 8.21. The first-order chi connectivity index (χ1) is 11.3. The maximum atomic E-state index is 12.0. The van der Waals surface area contributed by atoms with E-state index in [2.05, 4.69) is 10.6 Å². The molecule has 0 fully saturated rings. The average molecular weight is 356 g/mol. The van der Waals surface area contributed by atoms with Gasteiger partial charge in [0.2, 0.25) is 11.8 Å². The SMILES string of the molecule is CC(=O)NCCN(CCC(=O)Nc1cccc(Cl)c1)C(C)C(=O)O. The van der Waals surface area contributed by atoms with Crippen LogP contribution in [-0.2, 0) is 14.4 Å². The molecule has 0 aliphatic carbocycles. The molecule has 0 heterocycles. The average Bonchev–Trinajstić information content (AvgIpc) is 2.49. The van der Waals surface area contributed by atoms with Gasteiger partial charge in [0.05, 0.1) is 0 Å². The molecule has 3 N–H and O–H groups in total. The fourth-order valence-electron chi connectivity index (χ4n) is 2.07. The van der Waals surface area contributed by atoms with Gasteiger partial charge in [-0.05, 0) is 25.1 Å². The number of amides is 2. The predicted molar refractivity (Wildman–Crippen MR) is 92.1 cm³/mol. The Morgan fingerprint density at radius 2 is 2.00 bits per heavy atom. The van der Waals surface area contributed by atoms with E-state index in [0.29, 0.717) is 23.8 Å². The van der Waals surface area contributed by atoms with Crippen molar-refractivity contribution in [2.75, 3.05) is 25.0 Å². The number of nitrogens with one attached hydrogen (secondary N) is 2. The van der Waals surface area contributed by atoms with Gasteiger partial charge in [0.15, 0.2) is 0 Å². The standard InChI is InChI=1S/C16H22ClN3O4/c1-11(16(23)24)20(9-7-18-12(2)21)8-6-15(22)19-14-5-3-4-13(17)10-14/h3-5,10-11H,6-9H2,1-2H3,(H,18,21)(H,19,22)(H,23,24). The molecule has 1 atom stereocenters. The molecule has 0 saturated heterocycles. The van der Waals surface area contributed by atoms with Crippen LogP contribution in [0.4, 0.5) is 5.69 Å². The minimum Gasteiger partial charge on any atom is -0.480 e. The predicted octanol–water partition coefficient (Wildman–Crippen LogP) is 1.58. The van der Waals surface area contributed by atoms with Crippen LogP contribution in [0.3, 0.4) is 0 Å².